The van der Waals surface area contributed by atoms with Gasteiger partial charge in [-0.3, -0.25) is 4.79 Å². The van der Waals surface area contributed by atoms with Crippen LogP contribution in [0.1, 0.15) is 37.8 Å². The molecule has 1 aromatic heterocycles. The highest BCUT2D eigenvalue weighted by Crippen LogP contribution is 2.38. The fourth-order valence-electron chi connectivity index (χ4n) is 5.39. The second-order valence-electron chi connectivity index (χ2n) is 8.58. The highest BCUT2D eigenvalue weighted by Gasteiger charge is 2.40. The van der Waals surface area contributed by atoms with Gasteiger partial charge in [-0.1, -0.05) is 18.6 Å². The number of para-hydroxylation sites is 2. The topological polar surface area (TPSA) is 49.3 Å². The third-order valence-electron chi connectivity index (χ3n) is 6.90. The van der Waals surface area contributed by atoms with E-state index in [2.05, 4.69) is 9.80 Å². The van der Waals surface area contributed by atoms with Crippen LogP contribution in [0.5, 0.6) is 0 Å². The summed E-state index contributed by atoms with van der Waals surface area (Å²) in [5, 5.41) is 0. The van der Waals surface area contributed by atoms with Crippen molar-refractivity contribution >= 4 is 22.8 Å². The van der Waals surface area contributed by atoms with Gasteiger partial charge in [0, 0.05) is 32.1 Å². The Bertz CT molecular complexity index is 847. The molecule has 142 valence electrons. The average Bonchev–Trinajstić information content (AvgIpc) is 3.29. The molecular weight excluding hydrogens is 336 g/mol. The summed E-state index contributed by atoms with van der Waals surface area (Å²) in [6.45, 7) is 5.85. The largest absolute Gasteiger partial charge is 0.355 e. The Hall–Kier alpha value is -2.17. The van der Waals surface area contributed by atoms with E-state index in [0.717, 1.165) is 73.4 Å². The summed E-state index contributed by atoms with van der Waals surface area (Å²) in [5.41, 5.74) is 2.87. The van der Waals surface area contributed by atoms with Crippen molar-refractivity contribution < 1.29 is 4.79 Å². The molecule has 2 unspecified atom stereocenters. The number of carbonyl (C=O) groups excluding carboxylic acids is 1. The van der Waals surface area contributed by atoms with Gasteiger partial charge in [-0.2, -0.15) is 0 Å². The zero-order valence-corrected chi connectivity index (χ0v) is 16.1. The Kier molecular flexibility index (Phi) is 4.25. The van der Waals surface area contributed by atoms with Gasteiger partial charge < -0.3 is 9.80 Å². The molecule has 2 aromatic rings. The fourth-order valence-corrected chi connectivity index (χ4v) is 5.39. The summed E-state index contributed by atoms with van der Waals surface area (Å²) < 4.78 is 0. The lowest BCUT2D eigenvalue weighted by molar-refractivity contribution is -0.135. The number of likely N-dealkylation sites (tertiary alicyclic amines) is 1. The number of nitrogens with zero attached hydrogens (tertiary/aromatic N) is 4. The molecule has 3 fully saturated rings. The van der Waals surface area contributed by atoms with E-state index < -0.39 is 0 Å². The van der Waals surface area contributed by atoms with Crippen molar-refractivity contribution in [1.82, 2.24) is 14.9 Å². The Labute approximate surface area is 160 Å². The van der Waals surface area contributed by atoms with Crippen molar-refractivity contribution in [3.8, 4) is 0 Å². The van der Waals surface area contributed by atoms with Crippen molar-refractivity contribution in [3.05, 3.63) is 30.0 Å². The molecule has 5 heteroatoms. The molecule has 1 aliphatic carbocycles. The van der Waals surface area contributed by atoms with E-state index >= 15 is 0 Å². The smallest absolute Gasteiger partial charge is 0.225 e. The van der Waals surface area contributed by atoms with Crippen molar-refractivity contribution in [2.45, 2.75) is 39.0 Å². The Morgan fingerprint density at radius 1 is 0.963 bits per heavy atom. The minimum atomic E-state index is 0.189. The number of hydrogen-bond donors (Lipinski definition) is 0. The van der Waals surface area contributed by atoms with E-state index in [4.69, 9.17) is 9.97 Å². The zero-order valence-electron chi connectivity index (χ0n) is 16.1. The van der Waals surface area contributed by atoms with Gasteiger partial charge in [-0.25, -0.2) is 9.97 Å². The molecular formula is C22H28N4O. The molecule has 0 bridgehead atoms. The molecule has 0 N–H and O–H groups in total. The van der Waals surface area contributed by atoms with Crippen LogP contribution in [0.2, 0.25) is 0 Å². The summed E-state index contributed by atoms with van der Waals surface area (Å²) >= 11 is 0. The van der Waals surface area contributed by atoms with Crippen LogP contribution >= 0.6 is 0 Å². The molecule has 2 saturated heterocycles. The number of aromatic nitrogens is 2. The maximum atomic E-state index is 13.0. The van der Waals surface area contributed by atoms with Gasteiger partial charge in [0.1, 0.15) is 0 Å². The fraction of sp³-hybridized carbons (Fsp3) is 0.591. The Morgan fingerprint density at radius 3 is 2.26 bits per heavy atom. The first-order valence-corrected chi connectivity index (χ1v) is 10.5. The first kappa shape index (κ1) is 17.0. The number of aryl methyl sites for hydroxylation is 1. The number of benzene rings is 1. The van der Waals surface area contributed by atoms with E-state index in [9.17, 15) is 4.79 Å². The van der Waals surface area contributed by atoms with Crippen LogP contribution in [0.15, 0.2) is 24.3 Å². The van der Waals surface area contributed by atoms with E-state index in [1.54, 1.807) is 0 Å². The summed E-state index contributed by atoms with van der Waals surface area (Å²) in [5.74, 6) is 3.14. The Balaban J connectivity index is 1.25. The highest BCUT2D eigenvalue weighted by atomic mass is 16.2. The minimum Gasteiger partial charge on any atom is -0.355 e. The second kappa shape index (κ2) is 6.77. The van der Waals surface area contributed by atoms with Gasteiger partial charge in [0.15, 0.2) is 5.82 Å². The van der Waals surface area contributed by atoms with Crippen LogP contribution in [-0.4, -0.2) is 47.0 Å². The van der Waals surface area contributed by atoms with Gasteiger partial charge in [-0.05, 0) is 56.6 Å². The number of rotatable bonds is 2. The first-order valence-electron chi connectivity index (χ1n) is 10.5. The van der Waals surface area contributed by atoms with E-state index in [0.29, 0.717) is 5.91 Å². The van der Waals surface area contributed by atoms with Crippen LogP contribution in [0, 0.1) is 24.7 Å². The van der Waals surface area contributed by atoms with Crippen molar-refractivity contribution in [2.75, 3.05) is 31.1 Å². The third-order valence-corrected chi connectivity index (χ3v) is 6.90. The second-order valence-corrected chi connectivity index (χ2v) is 8.58. The lowest BCUT2D eigenvalue weighted by Gasteiger charge is -2.34. The van der Waals surface area contributed by atoms with Crippen LogP contribution in [0.25, 0.3) is 11.0 Å². The van der Waals surface area contributed by atoms with Gasteiger partial charge in [0.05, 0.1) is 16.7 Å². The molecule has 27 heavy (non-hydrogen) atoms. The van der Waals surface area contributed by atoms with Crippen molar-refractivity contribution in [2.24, 2.45) is 17.8 Å². The van der Waals surface area contributed by atoms with E-state index in [1.807, 2.05) is 31.2 Å². The molecule has 0 radical (unpaired) electrons. The number of anilines is 1. The van der Waals surface area contributed by atoms with Gasteiger partial charge in [-0.15, -0.1) is 0 Å². The molecule has 5 rings (SSSR count). The SMILES string of the molecule is Cc1nc2ccccc2nc1N1CCC(C(=O)N2CC3CCCC3C2)CC1. The summed E-state index contributed by atoms with van der Waals surface area (Å²) in [6.07, 6.45) is 5.87. The molecule has 1 saturated carbocycles. The molecule has 3 heterocycles. The summed E-state index contributed by atoms with van der Waals surface area (Å²) in [4.78, 5) is 27.1. The quantitative estimate of drug-likeness (QED) is 0.819. The Morgan fingerprint density at radius 2 is 1.59 bits per heavy atom. The summed E-state index contributed by atoms with van der Waals surface area (Å²) in [6, 6.07) is 8.04. The lowest BCUT2D eigenvalue weighted by Crippen LogP contribution is -2.42. The number of amides is 1. The number of hydrogen-bond acceptors (Lipinski definition) is 4. The maximum absolute atomic E-state index is 13.0. The standard InChI is InChI=1S/C22H28N4O/c1-15-21(24-20-8-3-2-7-19(20)23-15)25-11-9-16(10-12-25)22(27)26-13-17-5-4-6-18(17)14-26/h2-3,7-8,16-18H,4-6,9-14H2,1H3. The monoisotopic (exact) mass is 364 g/mol. The predicted molar refractivity (Wildman–Crippen MR) is 107 cm³/mol. The van der Waals surface area contributed by atoms with Crippen LogP contribution in [0.4, 0.5) is 5.82 Å². The van der Waals surface area contributed by atoms with E-state index in [-0.39, 0.29) is 5.92 Å². The average molecular weight is 364 g/mol. The van der Waals surface area contributed by atoms with E-state index in [1.165, 1.54) is 19.3 Å². The molecule has 2 atom stereocenters. The molecule has 2 aliphatic heterocycles. The van der Waals surface area contributed by atoms with Gasteiger partial charge in [0.2, 0.25) is 5.91 Å². The van der Waals surface area contributed by atoms with Crippen LogP contribution < -0.4 is 4.90 Å². The number of carbonyl (C=O) groups is 1. The van der Waals surface area contributed by atoms with Crippen LogP contribution in [0.3, 0.4) is 0 Å². The normalized spacial score (nSPS) is 26.0. The van der Waals surface area contributed by atoms with Gasteiger partial charge >= 0.3 is 0 Å². The molecule has 3 aliphatic rings. The van der Waals surface area contributed by atoms with Gasteiger partial charge in [0.25, 0.3) is 0 Å². The third kappa shape index (κ3) is 3.07. The highest BCUT2D eigenvalue weighted by molar-refractivity contribution is 5.80. The maximum Gasteiger partial charge on any atom is 0.225 e. The van der Waals surface area contributed by atoms with Crippen molar-refractivity contribution in [1.29, 1.82) is 0 Å². The molecule has 0 spiro atoms. The first-order chi connectivity index (χ1) is 13.2. The number of piperidine rings is 1. The summed E-state index contributed by atoms with van der Waals surface area (Å²) in [7, 11) is 0. The molecule has 1 amide bonds. The lowest BCUT2D eigenvalue weighted by atomic mass is 9.95. The molecule has 1 aromatic carbocycles. The minimum absolute atomic E-state index is 0.189. The molecule has 5 nitrogen and oxygen atoms in total. The predicted octanol–water partition coefficient (Wildman–Crippen LogP) is 3.41. The zero-order chi connectivity index (χ0) is 18.4. The van der Waals surface area contributed by atoms with Crippen molar-refractivity contribution in [3.63, 3.8) is 0 Å². The van der Waals surface area contributed by atoms with Crippen LogP contribution in [-0.2, 0) is 4.79 Å². The number of fused-ring (bicyclic) bond motifs is 2.